The molecule has 3 rings (SSSR count). The highest BCUT2D eigenvalue weighted by Gasteiger charge is 2.11. The maximum Gasteiger partial charge on any atom is 0.176 e. The van der Waals surface area contributed by atoms with Gasteiger partial charge in [-0.15, -0.1) is 0 Å². The van der Waals surface area contributed by atoms with Crippen LogP contribution in [0.5, 0.6) is 0 Å². The minimum atomic E-state index is 0.656. The number of hydrogen-bond donors (Lipinski definition) is 1. The number of rotatable bonds is 3. The van der Waals surface area contributed by atoms with Gasteiger partial charge in [-0.1, -0.05) is 6.07 Å². The fourth-order valence-electron chi connectivity index (χ4n) is 2.19. The average molecular weight is 241 g/mol. The number of nitrogens with two attached hydrogens (primary N) is 1. The fraction of sp³-hybridized carbons (Fsp3) is 0.214. The van der Waals surface area contributed by atoms with Gasteiger partial charge in [0, 0.05) is 7.05 Å². The SMILES string of the molecule is Cn1c(-c2ccco2)nc2cc(CCN)ccc21. The zero-order chi connectivity index (χ0) is 12.5. The molecule has 92 valence electrons. The molecule has 18 heavy (non-hydrogen) atoms. The second-order valence-electron chi connectivity index (χ2n) is 4.33. The van der Waals surface area contributed by atoms with Gasteiger partial charge in [-0.3, -0.25) is 0 Å². The van der Waals surface area contributed by atoms with E-state index in [0.717, 1.165) is 29.0 Å². The van der Waals surface area contributed by atoms with E-state index in [4.69, 9.17) is 10.2 Å². The lowest BCUT2D eigenvalue weighted by molar-refractivity contribution is 0.574. The van der Waals surface area contributed by atoms with Gasteiger partial charge in [0.1, 0.15) is 0 Å². The Kier molecular flexibility index (Phi) is 2.64. The molecule has 0 atom stereocenters. The van der Waals surface area contributed by atoms with Crippen LogP contribution in [-0.4, -0.2) is 16.1 Å². The first-order valence-electron chi connectivity index (χ1n) is 5.99. The molecule has 0 aliphatic rings. The molecule has 3 aromatic rings. The van der Waals surface area contributed by atoms with Crippen LogP contribution in [0, 0.1) is 0 Å². The molecule has 0 spiro atoms. The Balaban J connectivity index is 2.15. The minimum absolute atomic E-state index is 0.656. The molecule has 0 unspecified atom stereocenters. The number of furan rings is 1. The number of aryl methyl sites for hydroxylation is 1. The number of nitrogens with zero attached hydrogens (tertiary/aromatic N) is 2. The van der Waals surface area contributed by atoms with Gasteiger partial charge in [0.15, 0.2) is 11.6 Å². The van der Waals surface area contributed by atoms with Gasteiger partial charge in [0.05, 0.1) is 17.3 Å². The van der Waals surface area contributed by atoms with Crippen molar-refractivity contribution in [1.29, 1.82) is 0 Å². The van der Waals surface area contributed by atoms with E-state index >= 15 is 0 Å². The van der Waals surface area contributed by atoms with Gasteiger partial charge >= 0.3 is 0 Å². The molecular weight excluding hydrogens is 226 g/mol. The van der Waals surface area contributed by atoms with Crippen LogP contribution in [0.25, 0.3) is 22.6 Å². The smallest absolute Gasteiger partial charge is 0.176 e. The summed E-state index contributed by atoms with van der Waals surface area (Å²) in [6.07, 6.45) is 2.54. The Labute approximate surface area is 105 Å². The van der Waals surface area contributed by atoms with Crippen LogP contribution < -0.4 is 5.73 Å². The molecule has 0 aliphatic carbocycles. The lowest BCUT2D eigenvalue weighted by Crippen LogP contribution is -2.02. The summed E-state index contributed by atoms with van der Waals surface area (Å²) < 4.78 is 7.45. The third kappa shape index (κ3) is 1.71. The highest BCUT2D eigenvalue weighted by molar-refractivity contribution is 5.80. The van der Waals surface area contributed by atoms with Gasteiger partial charge in [0.25, 0.3) is 0 Å². The quantitative estimate of drug-likeness (QED) is 0.765. The molecular formula is C14H15N3O. The fourth-order valence-corrected chi connectivity index (χ4v) is 2.19. The first-order chi connectivity index (χ1) is 8.79. The van der Waals surface area contributed by atoms with Crippen LogP contribution in [0.15, 0.2) is 41.0 Å². The number of hydrogen-bond acceptors (Lipinski definition) is 3. The van der Waals surface area contributed by atoms with Gasteiger partial charge in [0.2, 0.25) is 0 Å². The Morgan fingerprint density at radius 1 is 1.33 bits per heavy atom. The van der Waals surface area contributed by atoms with Crippen LogP contribution >= 0.6 is 0 Å². The summed E-state index contributed by atoms with van der Waals surface area (Å²) in [5, 5.41) is 0. The van der Waals surface area contributed by atoms with Gasteiger partial charge in [-0.2, -0.15) is 0 Å². The van der Waals surface area contributed by atoms with E-state index < -0.39 is 0 Å². The van der Waals surface area contributed by atoms with Crippen LogP contribution in [-0.2, 0) is 13.5 Å². The largest absolute Gasteiger partial charge is 0.461 e. The van der Waals surface area contributed by atoms with Crippen molar-refractivity contribution in [3.8, 4) is 11.6 Å². The van der Waals surface area contributed by atoms with Crippen LogP contribution in [0.1, 0.15) is 5.56 Å². The third-order valence-corrected chi connectivity index (χ3v) is 3.12. The predicted molar refractivity (Wildman–Crippen MR) is 71.2 cm³/mol. The van der Waals surface area contributed by atoms with Gasteiger partial charge < -0.3 is 14.7 Å². The highest BCUT2D eigenvalue weighted by atomic mass is 16.3. The molecule has 0 amide bonds. The standard InChI is InChI=1S/C14H15N3O/c1-17-12-5-4-10(6-7-15)9-11(12)16-14(17)13-3-2-8-18-13/h2-5,8-9H,6-7,15H2,1H3. The second kappa shape index (κ2) is 4.31. The minimum Gasteiger partial charge on any atom is -0.461 e. The van der Waals surface area contributed by atoms with Crippen molar-refractivity contribution in [3.63, 3.8) is 0 Å². The summed E-state index contributed by atoms with van der Waals surface area (Å²) in [6, 6.07) is 10.1. The first kappa shape index (κ1) is 11.0. The van der Waals surface area contributed by atoms with Crippen molar-refractivity contribution in [3.05, 3.63) is 42.2 Å². The van der Waals surface area contributed by atoms with E-state index in [1.807, 2.05) is 23.7 Å². The van der Waals surface area contributed by atoms with Crippen molar-refractivity contribution in [2.45, 2.75) is 6.42 Å². The molecule has 2 N–H and O–H groups in total. The molecule has 4 nitrogen and oxygen atoms in total. The average Bonchev–Trinajstić information content (AvgIpc) is 2.98. The monoisotopic (exact) mass is 241 g/mol. The molecule has 4 heteroatoms. The first-order valence-corrected chi connectivity index (χ1v) is 5.99. The van der Waals surface area contributed by atoms with Crippen molar-refractivity contribution in [2.75, 3.05) is 6.54 Å². The number of imidazole rings is 1. The molecule has 2 aromatic heterocycles. The summed E-state index contributed by atoms with van der Waals surface area (Å²) in [5.74, 6) is 1.63. The normalized spacial score (nSPS) is 11.2. The third-order valence-electron chi connectivity index (χ3n) is 3.12. The van der Waals surface area contributed by atoms with Gasteiger partial charge in [-0.05, 0) is 42.8 Å². The maximum atomic E-state index is 5.58. The number of benzene rings is 1. The van der Waals surface area contributed by atoms with Crippen molar-refractivity contribution < 1.29 is 4.42 Å². The van der Waals surface area contributed by atoms with Crippen molar-refractivity contribution in [2.24, 2.45) is 12.8 Å². The van der Waals surface area contributed by atoms with E-state index in [0.29, 0.717) is 6.54 Å². The Hall–Kier alpha value is -2.07. The summed E-state index contributed by atoms with van der Waals surface area (Å²) in [4.78, 5) is 4.63. The summed E-state index contributed by atoms with van der Waals surface area (Å²) in [6.45, 7) is 0.656. The lowest BCUT2D eigenvalue weighted by atomic mass is 10.1. The maximum absolute atomic E-state index is 5.58. The topological polar surface area (TPSA) is 57.0 Å². The molecule has 0 fully saturated rings. The Morgan fingerprint density at radius 3 is 2.94 bits per heavy atom. The summed E-state index contributed by atoms with van der Waals surface area (Å²) >= 11 is 0. The molecule has 1 aromatic carbocycles. The van der Waals surface area contributed by atoms with Crippen molar-refractivity contribution in [1.82, 2.24) is 9.55 Å². The molecule has 0 radical (unpaired) electrons. The van der Waals surface area contributed by atoms with E-state index in [-0.39, 0.29) is 0 Å². The number of fused-ring (bicyclic) bond motifs is 1. The van der Waals surface area contributed by atoms with E-state index in [9.17, 15) is 0 Å². The van der Waals surface area contributed by atoms with E-state index in [1.54, 1.807) is 6.26 Å². The van der Waals surface area contributed by atoms with Crippen LogP contribution in [0.3, 0.4) is 0 Å². The van der Waals surface area contributed by atoms with Crippen LogP contribution in [0.4, 0.5) is 0 Å². The van der Waals surface area contributed by atoms with Crippen LogP contribution in [0.2, 0.25) is 0 Å². The van der Waals surface area contributed by atoms with Crippen molar-refractivity contribution >= 4 is 11.0 Å². The summed E-state index contributed by atoms with van der Waals surface area (Å²) in [5.41, 5.74) is 8.87. The second-order valence-corrected chi connectivity index (χ2v) is 4.33. The predicted octanol–water partition coefficient (Wildman–Crippen LogP) is 2.33. The summed E-state index contributed by atoms with van der Waals surface area (Å²) in [7, 11) is 2.00. The van der Waals surface area contributed by atoms with Gasteiger partial charge in [-0.25, -0.2) is 4.98 Å². The molecule has 2 heterocycles. The molecule has 0 saturated heterocycles. The zero-order valence-corrected chi connectivity index (χ0v) is 10.3. The van der Waals surface area contributed by atoms with E-state index in [1.165, 1.54) is 5.56 Å². The zero-order valence-electron chi connectivity index (χ0n) is 10.3. The molecule has 0 bridgehead atoms. The molecule has 0 saturated carbocycles. The lowest BCUT2D eigenvalue weighted by Gasteiger charge is -2.00. The highest BCUT2D eigenvalue weighted by Crippen LogP contribution is 2.24. The molecule has 0 aliphatic heterocycles. The van der Waals surface area contributed by atoms with E-state index in [2.05, 4.69) is 23.2 Å². The number of aromatic nitrogens is 2. The Morgan fingerprint density at radius 2 is 2.22 bits per heavy atom. The Bertz CT molecular complexity index is 668.